The lowest BCUT2D eigenvalue weighted by atomic mass is 9.88. The summed E-state index contributed by atoms with van der Waals surface area (Å²) in [5, 5.41) is 11.6. The number of benzene rings is 1. The molecule has 22 heavy (non-hydrogen) atoms. The average Bonchev–Trinajstić information content (AvgIpc) is 3.23. The van der Waals surface area contributed by atoms with Crippen LogP contribution in [0, 0.1) is 16.7 Å². The van der Waals surface area contributed by atoms with E-state index in [-0.39, 0.29) is 16.9 Å². The second-order valence-corrected chi connectivity index (χ2v) is 5.81. The quantitative estimate of drug-likeness (QED) is 0.898. The summed E-state index contributed by atoms with van der Waals surface area (Å²) in [5.74, 6) is 0.0611. The molecule has 1 spiro atoms. The van der Waals surface area contributed by atoms with Crippen LogP contribution in [0.2, 0.25) is 0 Å². The van der Waals surface area contributed by atoms with Crippen molar-refractivity contribution in [2.45, 2.75) is 31.9 Å². The van der Waals surface area contributed by atoms with Gasteiger partial charge in [-0.05, 0) is 43.9 Å². The van der Waals surface area contributed by atoms with Crippen molar-refractivity contribution in [1.82, 2.24) is 0 Å². The lowest BCUT2D eigenvalue weighted by Crippen LogP contribution is -2.21. The fourth-order valence-electron chi connectivity index (χ4n) is 2.77. The number of nitrogens with zero attached hydrogens (tertiary/aromatic N) is 1. The zero-order valence-corrected chi connectivity index (χ0v) is 11.6. The lowest BCUT2D eigenvalue weighted by molar-refractivity contribution is -0.137. The van der Waals surface area contributed by atoms with E-state index in [9.17, 15) is 18.0 Å². The molecule has 2 aliphatic carbocycles. The van der Waals surface area contributed by atoms with Crippen molar-refractivity contribution >= 4 is 11.5 Å². The van der Waals surface area contributed by atoms with E-state index < -0.39 is 17.3 Å². The molecule has 1 saturated carbocycles. The molecule has 0 bridgehead atoms. The van der Waals surface area contributed by atoms with Gasteiger partial charge in [0.15, 0.2) is 5.78 Å². The molecular weight excluding hydrogens is 293 g/mol. The van der Waals surface area contributed by atoms with Crippen molar-refractivity contribution in [3.63, 3.8) is 0 Å². The first-order chi connectivity index (χ1) is 10.3. The number of allylic oxidation sites excluding steroid dienone is 2. The normalized spacial score (nSPS) is 19.5. The summed E-state index contributed by atoms with van der Waals surface area (Å²) in [5.41, 5.74) is -0.713. The molecule has 114 valence electrons. The van der Waals surface area contributed by atoms with Crippen LogP contribution in [0.5, 0.6) is 0 Å². The van der Waals surface area contributed by atoms with Crippen LogP contribution in [0.25, 0.3) is 0 Å². The van der Waals surface area contributed by atoms with Crippen LogP contribution in [-0.4, -0.2) is 5.78 Å². The Hall–Kier alpha value is -2.29. The minimum absolute atomic E-state index is 0.0611. The standard InChI is InChI=1S/C16H13F3N2O/c17-16(18,19)13-7-11(2-1-10(13)9-20)21-12-3-4-15(5-6-15)14(22)8-12/h1-2,7-8,21H,3-6H2. The summed E-state index contributed by atoms with van der Waals surface area (Å²) in [6.45, 7) is 0. The largest absolute Gasteiger partial charge is 0.417 e. The van der Waals surface area contributed by atoms with Crippen LogP contribution in [-0.2, 0) is 11.0 Å². The zero-order valence-electron chi connectivity index (χ0n) is 11.6. The summed E-state index contributed by atoms with van der Waals surface area (Å²) in [4.78, 5) is 12.0. The second-order valence-electron chi connectivity index (χ2n) is 5.81. The molecule has 1 aromatic rings. The van der Waals surface area contributed by atoms with E-state index in [0.29, 0.717) is 12.1 Å². The van der Waals surface area contributed by atoms with Crippen LogP contribution in [0.3, 0.4) is 0 Å². The molecule has 1 fully saturated rings. The highest BCUT2D eigenvalue weighted by Gasteiger charge is 2.49. The molecular formula is C16H13F3N2O. The minimum Gasteiger partial charge on any atom is -0.359 e. The first kappa shape index (κ1) is 14.6. The number of carbonyl (C=O) groups excluding carboxylic acids is 1. The Morgan fingerprint density at radius 2 is 1.95 bits per heavy atom. The Morgan fingerprint density at radius 3 is 2.50 bits per heavy atom. The number of anilines is 1. The van der Waals surface area contributed by atoms with Crippen LogP contribution < -0.4 is 5.32 Å². The molecule has 3 rings (SSSR count). The first-order valence-corrected chi connectivity index (χ1v) is 6.97. The number of hydrogen-bond donors (Lipinski definition) is 1. The van der Waals surface area contributed by atoms with Gasteiger partial charge in [0, 0.05) is 22.9 Å². The van der Waals surface area contributed by atoms with Gasteiger partial charge in [-0.2, -0.15) is 18.4 Å². The molecule has 1 N–H and O–H groups in total. The Kier molecular flexibility index (Phi) is 3.24. The maximum Gasteiger partial charge on any atom is 0.417 e. The third-order valence-corrected chi connectivity index (χ3v) is 4.30. The van der Waals surface area contributed by atoms with Gasteiger partial charge in [-0.25, -0.2) is 0 Å². The molecule has 0 amide bonds. The number of nitriles is 1. The lowest BCUT2D eigenvalue weighted by Gasteiger charge is -2.21. The van der Waals surface area contributed by atoms with Gasteiger partial charge >= 0.3 is 6.18 Å². The Morgan fingerprint density at radius 1 is 1.23 bits per heavy atom. The van der Waals surface area contributed by atoms with Crippen LogP contribution in [0.15, 0.2) is 30.0 Å². The van der Waals surface area contributed by atoms with E-state index in [2.05, 4.69) is 5.32 Å². The third kappa shape index (κ3) is 2.59. The molecule has 2 aliphatic rings. The molecule has 0 aliphatic heterocycles. The van der Waals surface area contributed by atoms with E-state index in [1.54, 1.807) is 6.07 Å². The number of hydrogen-bond acceptors (Lipinski definition) is 3. The third-order valence-electron chi connectivity index (χ3n) is 4.30. The van der Waals surface area contributed by atoms with Gasteiger partial charge < -0.3 is 5.32 Å². The summed E-state index contributed by atoms with van der Waals surface area (Å²) in [6, 6.07) is 5.01. The van der Waals surface area contributed by atoms with Crippen molar-refractivity contribution in [3.05, 3.63) is 41.1 Å². The second kappa shape index (κ2) is 4.87. The number of rotatable bonds is 2. The van der Waals surface area contributed by atoms with Crippen LogP contribution in [0.4, 0.5) is 18.9 Å². The summed E-state index contributed by atoms with van der Waals surface area (Å²) < 4.78 is 38.8. The fraction of sp³-hybridized carbons (Fsp3) is 0.375. The molecule has 0 unspecified atom stereocenters. The smallest absolute Gasteiger partial charge is 0.359 e. The monoisotopic (exact) mass is 306 g/mol. The predicted molar refractivity (Wildman–Crippen MR) is 73.8 cm³/mol. The Bertz CT molecular complexity index is 709. The molecule has 6 heteroatoms. The number of nitrogens with one attached hydrogen (secondary N) is 1. The van der Waals surface area contributed by atoms with Crippen molar-refractivity contribution in [2.24, 2.45) is 5.41 Å². The maximum absolute atomic E-state index is 12.9. The highest BCUT2D eigenvalue weighted by molar-refractivity contribution is 5.98. The van der Waals surface area contributed by atoms with Gasteiger partial charge in [0.25, 0.3) is 0 Å². The number of carbonyl (C=O) groups is 1. The van der Waals surface area contributed by atoms with Crippen LogP contribution >= 0.6 is 0 Å². The molecule has 3 nitrogen and oxygen atoms in total. The number of halogens is 3. The van der Waals surface area contributed by atoms with E-state index in [4.69, 9.17) is 5.26 Å². The van der Waals surface area contributed by atoms with Gasteiger partial charge in [0.1, 0.15) is 0 Å². The highest BCUT2D eigenvalue weighted by Crippen LogP contribution is 2.53. The number of ketones is 1. The van der Waals surface area contributed by atoms with Crippen molar-refractivity contribution < 1.29 is 18.0 Å². The fourth-order valence-corrected chi connectivity index (χ4v) is 2.77. The molecule has 0 atom stereocenters. The van der Waals surface area contributed by atoms with Gasteiger partial charge in [-0.15, -0.1) is 0 Å². The van der Waals surface area contributed by atoms with Gasteiger partial charge in [-0.3, -0.25) is 4.79 Å². The van der Waals surface area contributed by atoms with E-state index >= 15 is 0 Å². The van der Waals surface area contributed by atoms with Crippen molar-refractivity contribution in [1.29, 1.82) is 5.26 Å². The predicted octanol–water partition coefficient (Wildman–Crippen LogP) is 4.02. The summed E-state index contributed by atoms with van der Waals surface area (Å²) >= 11 is 0. The van der Waals surface area contributed by atoms with Gasteiger partial charge in [0.05, 0.1) is 17.2 Å². The van der Waals surface area contributed by atoms with Crippen LogP contribution in [0.1, 0.15) is 36.8 Å². The summed E-state index contributed by atoms with van der Waals surface area (Å²) in [7, 11) is 0. The maximum atomic E-state index is 12.9. The summed E-state index contributed by atoms with van der Waals surface area (Å²) in [6.07, 6.45) is 0.120. The van der Waals surface area contributed by atoms with Gasteiger partial charge in [-0.1, -0.05) is 0 Å². The van der Waals surface area contributed by atoms with Crippen molar-refractivity contribution in [3.8, 4) is 6.07 Å². The van der Waals surface area contributed by atoms with Crippen molar-refractivity contribution in [2.75, 3.05) is 5.32 Å². The van der Waals surface area contributed by atoms with E-state index in [1.807, 2.05) is 0 Å². The van der Waals surface area contributed by atoms with E-state index in [0.717, 1.165) is 31.4 Å². The average molecular weight is 306 g/mol. The zero-order chi connectivity index (χ0) is 16.0. The highest BCUT2D eigenvalue weighted by atomic mass is 19.4. The Labute approximate surface area is 125 Å². The molecule has 0 aromatic heterocycles. The first-order valence-electron chi connectivity index (χ1n) is 6.97. The topological polar surface area (TPSA) is 52.9 Å². The SMILES string of the molecule is N#Cc1ccc(NC2=CC(=O)C3(CC2)CC3)cc1C(F)(F)F. The van der Waals surface area contributed by atoms with Gasteiger partial charge in [0.2, 0.25) is 0 Å². The van der Waals surface area contributed by atoms with E-state index in [1.165, 1.54) is 12.1 Å². The molecule has 0 heterocycles. The molecule has 0 saturated heterocycles. The molecule has 0 radical (unpaired) electrons. The Balaban J connectivity index is 1.85. The molecule has 1 aromatic carbocycles. The number of alkyl halides is 3. The minimum atomic E-state index is -4.59.